The number of amides is 2. The van der Waals surface area contributed by atoms with Gasteiger partial charge >= 0.3 is 0 Å². The SMILES string of the molecule is COc1ccc(NC(=O)Cn2c(=O)c3cc(OC)ccc3n2S(=O)(=O)c2ccc(C)cc2)cc1.COc1ccc2c(c1)c(=O)n(CC(=O)NCc1ccccc1)n2S(=O)(=O)c1ccc(C)cc1. The van der Waals surface area contributed by atoms with Crippen LogP contribution in [-0.2, 0) is 49.3 Å². The lowest BCUT2D eigenvalue weighted by molar-refractivity contribution is -0.122. The number of ether oxygens (including phenoxy) is 3. The topological polar surface area (TPSA) is 208 Å². The number of fused-ring (bicyclic) bond motifs is 2. The van der Waals surface area contributed by atoms with Gasteiger partial charge in [0.25, 0.3) is 31.2 Å². The maximum Gasteiger partial charge on any atom is 0.282 e. The van der Waals surface area contributed by atoms with Gasteiger partial charge in [-0.25, -0.2) is 9.36 Å². The van der Waals surface area contributed by atoms with E-state index in [0.29, 0.717) is 22.9 Å². The molecule has 0 saturated heterocycles. The molecule has 346 valence electrons. The molecule has 0 fully saturated rings. The molecule has 0 radical (unpaired) electrons. The zero-order valence-corrected chi connectivity index (χ0v) is 38.6. The van der Waals surface area contributed by atoms with Crippen molar-refractivity contribution in [3.8, 4) is 17.2 Å². The molecule has 2 N–H and O–H groups in total. The maximum atomic E-state index is 13.6. The van der Waals surface area contributed by atoms with Gasteiger partial charge in [-0.15, -0.1) is 0 Å². The Morgan fingerprint density at radius 1 is 0.522 bits per heavy atom. The third-order valence-corrected chi connectivity index (χ3v) is 14.0. The molecule has 0 atom stereocenters. The summed E-state index contributed by atoms with van der Waals surface area (Å²) in [4.78, 5) is 52.0. The van der Waals surface area contributed by atoms with Crippen LogP contribution in [-0.4, -0.2) is 67.5 Å². The van der Waals surface area contributed by atoms with E-state index in [0.717, 1.165) is 34.2 Å². The number of methoxy groups -OCH3 is 3. The van der Waals surface area contributed by atoms with Gasteiger partial charge in [-0.1, -0.05) is 65.7 Å². The van der Waals surface area contributed by atoms with Crippen LogP contribution in [0.3, 0.4) is 0 Å². The number of nitrogens with one attached hydrogen (secondary N) is 2. The second kappa shape index (κ2) is 19.7. The predicted molar refractivity (Wildman–Crippen MR) is 253 cm³/mol. The van der Waals surface area contributed by atoms with Crippen LogP contribution in [0.1, 0.15) is 16.7 Å². The Kier molecular flexibility index (Phi) is 13.8. The monoisotopic (exact) mass is 946 g/mol. The van der Waals surface area contributed by atoms with Gasteiger partial charge in [0.15, 0.2) is 0 Å². The van der Waals surface area contributed by atoms with E-state index in [-0.39, 0.29) is 38.1 Å². The van der Waals surface area contributed by atoms with Crippen molar-refractivity contribution >= 4 is 59.4 Å². The molecular weight excluding hydrogens is 901 g/mol. The number of hydrogen-bond acceptors (Lipinski definition) is 11. The fraction of sp³-hybridized carbons (Fsp3) is 0.167. The average Bonchev–Trinajstić information content (AvgIpc) is 3.77. The van der Waals surface area contributed by atoms with Crippen molar-refractivity contribution in [2.75, 3.05) is 26.6 Å². The van der Waals surface area contributed by atoms with E-state index in [9.17, 15) is 36.0 Å². The molecular formula is C48H46N6O11S2. The zero-order valence-electron chi connectivity index (χ0n) is 37.0. The van der Waals surface area contributed by atoms with Crippen LogP contribution in [0.15, 0.2) is 159 Å². The van der Waals surface area contributed by atoms with E-state index < -0.39 is 56.1 Å². The van der Waals surface area contributed by atoms with E-state index >= 15 is 0 Å². The quantitative estimate of drug-likeness (QED) is 0.136. The van der Waals surface area contributed by atoms with Gasteiger partial charge in [-0.05, 0) is 104 Å². The number of carbonyl (C=O) groups excluding carboxylic acids is 2. The lowest BCUT2D eigenvalue weighted by Crippen LogP contribution is -2.35. The Labute approximate surface area is 385 Å². The highest BCUT2D eigenvalue weighted by atomic mass is 32.2. The van der Waals surface area contributed by atoms with Crippen LogP contribution in [0, 0.1) is 13.8 Å². The van der Waals surface area contributed by atoms with Gasteiger partial charge in [-0.3, -0.25) is 19.2 Å². The Morgan fingerprint density at radius 3 is 1.37 bits per heavy atom. The first-order chi connectivity index (χ1) is 32.0. The van der Waals surface area contributed by atoms with Crippen molar-refractivity contribution in [3.63, 3.8) is 0 Å². The smallest absolute Gasteiger partial charge is 0.282 e. The molecule has 67 heavy (non-hydrogen) atoms. The molecule has 0 saturated carbocycles. The van der Waals surface area contributed by atoms with E-state index in [1.165, 1.54) is 69.9 Å². The van der Waals surface area contributed by atoms with Crippen LogP contribution in [0.4, 0.5) is 5.69 Å². The van der Waals surface area contributed by atoms with Crippen molar-refractivity contribution in [2.24, 2.45) is 0 Å². The summed E-state index contributed by atoms with van der Waals surface area (Å²) in [5.41, 5.74) is 2.22. The van der Waals surface area contributed by atoms with Crippen molar-refractivity contribution in [1.82, 2.24) is 22.9 Å². The van der Waals surface area contributed by atoms with Crippen molar-refractivity contribution in [2.45, 2.75) is 43.3 Å². The van der Waals surface area contributed by atoms with Gasteiger partial charge in [0.1, 0.15) is 30.3 Å². The van der Waals surface area contributed by atoms with Gasteiger partial charge in [0, 0.05) is 12.2 Å². The summed E-state index contributed by atoms with van der Waals surface area (Å²) in [5, 5.41) is 5.67. The fourth-order valence-electron chi connectivity index (χ4n) is 7.07. The van der Waals surface area contributed by atoms with Crippen molar-refractivity contribution < 1.29 is 40.6 Å². The summed E-state index contributed by atoms with van der Waals surface area (Å²) >= 11 is 0. The van der Waals surface area contributed by atoms with Crippen molar-refractivity contribution in [3.05, 3.63) is 177 Å². The summed E-state index contributed by atoms with van der Waals surface area (Å²) in [6.07, 6.45) is 0. The summed E-state index contributed by atoms with van der Waals surface area (Å²) < 4.78 is 73.4. The molecule has 0 aliphatic heterocycles. The minimum atomic E-state index is -4.20. The van der Waals surface area contributed by atoms with Crippen LogP contribution in [0.2, 0.25) is 0 Å². The number of rotatable bonds is 14. The molecule has 19 heteroatoms. The first kappa shape index (κ1) is 47.1. The third-order valence-electron chi connectivity index (χ3n) is 10.6. The van der Waals surface area contributed by atoms with Crippen LogP contribution in [0.25, 0.3) is 21.8 Å². The Balaban J connectivity index is 0.000000199. The first-order valence-electron chi connectivity index (χ1n) is 20.5. The third kappa shape index (κ3) is 10.0. The number of carbonyl (C=O) groups is 2. The molecule has 8 rings (SSSR count). The second-order valence-corrected chi connectivity index (χ2v) is 18.7. The highest BCUT2D eigenvalue weighted by molar-refractivity contribution is 7.90. The lowest BCUT2D eigenvalue weighted by atomic mass is 10.2. The number of benzene rings is 6. The molecule has 0 spiro atoms. The highest BCUT2D eigenvalue weighted by Gasteiger charge is 2.28. The number of aromatic nitrogens is 4. The molecule has 0 aliphatic rings. The van der Waals surface area contributed by atoms with E-state index in [1.54, 1.807) is 60.7 Å². The minimum Gasteiger partial charge on any atom is -0.497 e. The Bertz CT molecular complexity index is 3450. The molecule has 17 nitrogen and oxygen atoms in total. The second-order valence-electron chi connectivity index (χ2n) is 15.2. The molecule has 2 heterocycles. The normalized spacial score (nSPS) is 11.4. The largest absolute Gasteiger partial charge is 0.497 e. The minimum absolute atomic E-state index is 0.00451. The lowest BCUT2D eigenvalue weighted by Gasteiger charge is -2.14. The van der Waals surface area contributed by atoms with Crippen molar-refractivity contribution in [1.29, 1.82) is 0 Å². The molecule has 0 unspecified atom stereocenters. The summed E-state index contributed by atoms with van der Waals surface area (Å²) in [5.74, 6) is 0.362. The van der Waals surface area contributed by atoms with Crippen LogP contribution >= 0.6 is 0 Å². The molecule has 0 aliphatic carbocycles. The van der Waals surface area contributed by atoms with Gasteiger partial charge in [-0.2, -0.15) is 25.0 Å². The summed E-state index contributed by atoms with van der Waals surface area (Å²) in [6, 6.07) is 37.5. The van der Waals surface area contributed by atoms with E-state index in [1.807, 2.05) is 44.2 Å². The first-order valence-corrected chi connectivity index (χ1v) is 23.4. The highest BCUT2D eigenvalue weighted by Crippen LogP contribution is 2.26. The zero-order chi connectivity index (χ0) is 48.0. The van der Waals surface area contributed by atoms with Crippen LogP contribution < -0.4 is 36.0 Å². The van der Waals surface area contributed by atoms with Gasteiger partial charge in [0.2, 0.25) is 11.8 Å². The number of aryl methyl sites for hydroxylation is 2. The summed E-state index contributed by atoms with van der Waals surface area (Å²) in [6.45, 7) is 2.96. The fourth-order valence-corrected chi connectivity index (χ4v) is 10.1. The van der Waals surface area contributed by atoms with Gasteiger partial charge in [0.05, 0.1) is 52.9 Å². The average molecular weight is 947 g/mol. The number of hydrogen-bond donors (Lipinski definition) is 2. The molecule has 2 amide bonds. The molecule has 8 aromatic rings. The van der Waals surface area contributed by atoms with Gasteiger partial charge < -0.3 is 24.8 Å². The van der Waals surface area contributed by atoms with E-state index in [2.05, 4.69) is 10.6 Å². The number of anilines is 1. The molecule has 2 aromatic heterocycles. The summed E-state index contributed by atoms with van der Waals surface area (Å²) in [7, 11) is -3.93. The standard InChI is InChI=1S/C24H23N3O6S.C24H23N3O5S/c1-16-4-11-20(12-5-16)34(30,31)27-22-13-10-19(33-3)14-21(22)24(29)26(27)15-23(28)25-17-6-8-18(32-2)9-7-17;1-17-8-11-20(12-9-17)33(30,31)27-22-13-10-19(32-2)14-21(22)24(29)26(27)16-23(28)25-15-18-6-4-3-5-7-18/h4-14H,15H2,1-3H3,(H,25,28);3-14H,15-16H2,1-2H3,(H,25,28). The predicted octanol–water partition coefficient (Wildman–Crippen LogP) is 5.68. The van der Waals surface area contributed by atoms with Crippen LogP contribution in [0.5, 0.6) is 17.2 Å². The van der Waals surface area contributed by atoms with E-state index in [4.69, 9.17) is 14.2 Å². The molecule has 0 bridgehead atoms. The molecule has 6 aromatic carbocycles. The maximum absolute atomic E-state index is 13.6. The number of nitrogens with zero attached hydrogens (tertiary/aromatic N) is 4. The Hall–Kier alpha value is -7.90. The Morgan fingerprint density at radius 2 is 0.940 bits per heavy atom.